The van der Waals surface area contributed by atoms with E-state index in [2.05, 4.69) is 141 Å². The van der Waals surface area contributed by atoms with E-state index < -0.39 is 0 Å². The molecule has 7 aromatic rings. The average Bonchev–Trinajstić information content (AvgIpc) is 3.45. The largest absolute Gasteiger partial charge is 0.454 e. The lowest BCUT2D eigenvalue weighted by atomic mass is 9.81. The minimum atomic E-state index is -0.117. The van der Waals surface area contributed by atoms with Crippen LogP contribution in [0.2, 0.25) is 0 Å². The summed E-state index contributed by atoms with van der Waals surface area (Å²) in [6, 6.07) is 43.9. The summed E-state index contributed by atoms with van der Waals surface area (Å²) in [6.45, 7) is 6.86. The zero-order valence-corrected chi connectivity index (χ0v) is 22.9. The zero-order chi connectivity index (χ0) is 27.0. The van der Waals surface area contributed by atoms with Gasteiger partial charge in [0.05, 0.1) is 5.69 Å². The van der Waals surface area contributed by atoms with E-state index in [1.165, 1.54) is 38.6 Å². The second-order valence-electron chi connectivity index (χ2n) is 11.5. The van der Waals surface area contributed by atoms with E-state index in [9.17, 15) is 0 Å². The molecule has 1 aliphatic rings. The van der Waals surface area contributed by atoms with Crippen LogP contribution in [-0.2, 0) is 5.41 Å². The molecule has 192 valence electrons. The molecule has 0 fully saturated rings. The van der Waals surface area contributed by atoms with E-state index in [0.29, 0.717) is 0 Å². The first-order chi connectivity index (χ1) is 19.5. The summed E-state index contributed by atoms with van der Waals surface area (Å²) in [5.74, 6) is 0. The van der Waals surface area contributed by atoms with Gasteiger partial charge in [-0.25, -0.2) is 0 Å². The van der Waals surface area contributed by atoms with E-state index in [1.807, 2.05) is 6.07 Å². The molecule has 0 atom stereocenters. The van der Waals surface area contributed by atoms with Crippen LogP contribution < -0.4 is 4.90 Å². The number of aryl methyl sites for hydroxylation is 1. The summed E-state index contributed by atoms with van der Waals surface area (Å²) in [5, 5.41) is 4.85. The van der Waals surface area contributed by atoms with E-state index in [0.717, 1.165) is 39.0 Å². The second-order valence-corrected chi connectivity index (χ2v) is 11.5. The fourth-order valence-corrected chi connectivity index (χ4v) is 6.65. The standard InChI is InChI=1S/C38H29NO/c1-24-10-8-13-27(20-24)39(35-16-9-15-31-30-14-6-7-17-36(30)40-37(31)35)28-18-19-29-32-21-25-11-4-5-12-26(25)22-33(32)38(2,3)34(29)23-28/h4-23H,1-3H3. The molecule has 0 spiro atoms. The quantitative estimate of drug-likeness (QED) is 0.233. The van der Waals surface area contributed by atoms with E-state index in [-0.39, 0.29) is 5.41 Å². The van der Waals surface area contributed by atoms with Gasteiger partial charge in [-0.1, -0.05) is 86.6 Å². The zero-order valence-electron chi connectivity index (χ0n) is 22.9. The summed E-state index contributed by atoms with van der Waals surface area (Å²) in [5.41, 5.74) is 11.6. The Balaban J connectivity index is 1.37. The Morgan fingerprint density at radius 1 is 0.575 bits per heavy atom. The van der Waals surface area contributed by atoms with Crippen molar-refractivity contribution >= 4 is 49.8 Å². The molecule has 1 aliphatic carbocycles. The van der Waals surface area contributed by atoms with E-state index in [4.69, 9.17) is 4.42 Å². The van der Waals surface area contributed by atoms with Crippen molar-refractivity contribution < 1.29 is 4.42 Å². The fraction of sp³-hybridized carbons (Fsp3) is 0.105. The lowest BCUT2D eigenvalue weighted by Gasteiger charge is -2.28. The first-order valence-electron chi connectivity index (χ1n) is 13.9. The monoisotopic (exact) mass is 515 g/mol. The van der Waals surface area contributed by atoms with Gasteiger partial charge in [-0.05, 0) is 94.0 Å². The molecule has 0 saturated carbocycles. The Hall–Kier alpha value is -4.82. The van der Waals surface area contributed by atoms with Crippen LogP contribution in [0.1, 0.15) is 30.5 Å². The van der Waals surface area contributed by atoms with Gasteiger partial charge >= 0.3 is 0 Å². The van der Waals surface area contributed by atoms with Crippen LogP contribution in [0.5, 0.6) is 0 Å². The third-order valence-electron chi connectivity index (χ3n) is 8.67. The lowest BCUT2D eigenvalue weighted by Crippen LogP contribution is -2.16. The maximum atomic E-state index is 6.52. The van der Waals surface area contributed by atoms with Crippen molar-refractivity contribution in [3.8, 4) is 11.1 Å². The molecule has 0 radical (unpaired) electrons. The summed E-state index contributed by atoms with van der Waals surface area (Å²) in [6.07, 6.45) is 0. The normalized spacial score (nSPS) is 13.6. The van der Waals surface area contributed by atoms with Gasteiger partial charge in [0.15, 0.2) is 5.58 Å². The van der Waals surface area contributed by atoms with Crippen LogP contribution >= 0.6 is 0 Å². The molecule has 1 heterocycles. The SMILES string of the molecule is Cc1cccc(N(c2ccc3c(c2)C(C)(C)c2cc4ccccc4cc2-3)c2cccc3c2oc2ccccc23)c1. The Morgan fingerprint density at radius 3 is 2.12 bits per heavy atom. The smallest absolute Gasteiger partial charge is 0.159 e. The molecule has 0 amide bonds. The summed E-state index contributed by atoms with van der Waals surface area (Å²) >= 11 is 0. The molecule has 0 aliphatic heterocycles. The number of fused-ring (bicyclic) bond motifs is 7. The highest BCUT2D eigenvalue weighted by atomic mass is 16.3. The highest BCUT2D eigenvalue weighted by molar-refractivity contribution is 6.10. The first kappa shape index (κ1) is 23.1. The van der Waals surface area contributed by atoms with Crippen LogP contribution in [0.15, 0.2) is 126 Å². The van der Waals surface area contributed by atoms with Crippen molar-refractivity contribution in [2.24, 2.45) is 0 Å². The fourth-order valence-electron chi connectivity index (χ4n) is 6.65. The van der Waals surface area contributed by atoms with Crippen molar-refractivity contribution in [1.29, 1.82) is 0 Å². The van der Waals surface area contributed by atoms with Crippen molar-refractivity contribution in [2.45, 2.75) is 26.2 Å². The highest BCUT2D eigenvalue weighted by Gasteiger charge is 2.36. The Morgan fingerprint density at radius 2 is 1.27 bits per heavy atom. The maximum absolute atomic E-state index is 6.52. The van der Waals surface area contributed by atoms with Gasteiger partial charge in [0, 0.05) is 27.6 Å². The third-order valence-corrected chi connectivity index (χ3v) is 8.67. The third kappa shape index (κ3) is 3.29. The van der Waals surface area contributed by atoms with Gasteiger partial charge in [-0.15, -0.1) is 0 Å². The van der Waals surface area contributed by atoms with Crippen molar-refractivity contribution in [3.05, 3.63) is 138 Å². The molecule has 2 heteroatoms. The van der Waals surface area contributed by atoms with Gasteiger partial charge in [0.1, 0.15) is 5.58 Å². The number of rotatable bonds is 3. The lowest BCUT2D eigenvalue weighted by molar-refractivity contribution is 0.661. The molecular formula is C38H29NO. The van der Waals surface area contributed by atoms with Crippen LogP contribution in [0.3, 0.4) is 0 Å². The highest BCUT2D eigenvalue weighted by Crippen LogP contribution is 2.52. The first-order valence-corrected chi connectivity index (χ1v) is 13.9. The number of furan rings is 1. The number of anilines is 3. The van der Waals surface area contributed by atoms with Crippen LogP contribution in [0.4, 0.5) is 17.1 Å². The maximum Gasteiger partial charge on any atom is 0.159 e. The summed E-state index contributed by atoms with van der Waals surface area (Å²) < 4.78 is 6.52. The number of nitrogens with zero attached hydrogens (tertiary/aromatic N) is 1. The second kappa shape index (κ2) is 8.34. The van der Waals surface area contributed by atoms with Crippen molar-refractivity contribution in [3.63, 3.8) is 0 Å². The number of hydrogen-bond acceptors (Lipinski definition) is 2. The molecule has 8 rings (SSSR count). The topological polar surface area (TPSA) is 16.4 Å². The molecule has 0 N–H and O–H groups in total. The van der Waals surface area contributed by atoms with Crippen LogP contribution in [0.25, 0.3) is 43.8 Å². The van der Waals surface area contributed by atoms with Gasteiger partial charge < -0.3 is 9.32 Å². The molecule has 6 aromatic carbocycles. The Labute approximate surface area is 234 Å². The summed E-state index contributed by atoms with van der Waals surface area (Å²) in [7, 11) is 0. The molecule has 2 nitrogen and oxygen atoms in total. The Kier molecular flexibility index (Phi) is 4.82. The van der Waals surface area contributed by atoms with E-state index in [1.54, 1.807) is 0 Å². The van der Waals surface area contributed by atoms with E-state index >= 15 is 0 Å². The average molecular weight is 516 g/mol. The minimum Gasteiger partial charge on any atom is -0.454 e. The van der Waals surface area contributed by atoms with Gasteiger partial charge in [0.25, 0.3) is 0 Å². The molecule has 0 bridgehead atoms. The van der Waals surface area contributed by atoms with Gasteiger partial charge in [-0.3, -0.25) is 0 Å². The van der Waals surface area contributed by atoms with Crippen molar-refractivity contribution in [1.82, 2.24) is 0 Å². The molecule has 1 aromatic heterocycles. The Bertz CT molecular complexity index is 2110. The van der Waals surface area contributed by atoms with Crippen molar-refractivity contribution in [2.75, 3.05) is 4.90 Å². The van der Waals surface area contributed by atoms with Gasteiger partial charge in [0.2, 0.25) is 0 Å². The molecular weight excluding hydrogens is 486 g/mol. The summed E-state index contributed by atoms with van der Waals surface area (Å²) in [4.78, 5) is 2.35. The number of hydrogen-bond donors (Lipinski definition) is 0. The van der Waals surface area contributed by atoms with Gasteiger partial charge in [-0.2, -0.15) is 0 Å². The predicted molar refractivity (Wildman–Crippen MR) is 168 cm³/mol. The minimum absolute atomic E-state index is 0.117. The number of para-hydroxylation sites is 2. The molecule has 0 unspecified atom stereocenters. The molecule has 0 saturated heterocycles. The molecule has 40 heavy (non-hydrogen) atoms. The number of benzene rings is 6. The predicted octanol–water partition coefficient (Wildman–Crippen LogP) is 10.8. The van der Waals surface area contributed by atoms with Crippen LogP contribution in [-0.4, -0.2) is 0 Å². The van der Waals surface area contributed by atoms with Crippen LogP contribution in [0, 0.1) is 6.92 Å².